The van der Waals surface area contributed by atoms with E-state index < -0.39 is 21.7 Å². The summed E-state index contributed by atoms with van der Waals surface area (Å²) in [5, 5.41) is 49.2. The van der Waals surface area contributed by atoms with E-state index in [-0.39, 0.29) is 62.4 Å². The van der Waals surface area contributed by atoms with E-state index in [0.29, 0.717) is 36.1 Å². The minimum atomic E-state index is -0.871. The monoisotopic (exact) mass is 734 g/mol. The van der Waals surface area contributed by atoms with Crippen molar-refractivity contribution in [3.63, 3.8) is 0 Å². The van der Waals surface area contributed by atoms with Crippen molar-refractivity contribution in [2.45, 2.75) is 49.1 Å². The van der Waals surface area contributed by atoms with Crippen molar-refractivity contribution in [1.29, 1.82) is 0 Å². The first-order valence-corrected chi connectivity index (χ1v) is 18.8. The van der Waals surface area contributed by atoms with Crippen LogP contribution in [0.4, 0.5) is 0 Å². The highest BCUT2D eigenvalue weighted by atomic mass is 16.5. The van der Waals surface area contributed by atoms with Gasteiger partial charge in [-0.05, 0) is 34.4 Å². The van der Waals surface area contributed by atoms with Crippen LogP contribution in [-0.4, -0.2) is 109 Å². The van der Waals surface area contributed by atoms with Crippen molar-refractivity contribution in [2.24, 2.45) is 21.7 Å². The van der Waals surface area contributed by atoms with Crippen LogP contribution in [0.1, 0.15) is 34.1 Å². The van der Waals surface area contributed by atoms with Gasteiger partial charge < -0.3 is 39.4 Å². The van der Waals surface area contributed by atoms with E-state index in [4.69, 9.17) is 18.9 Å². The molecule has 10 nitrogen and oxygen atoms in total. The summed E-state index contributed by atoms with van der Waals surface area (Å²) in [7, 11) is 6.54. The van der Waals surface area contributed by atoms with Gasteiger partial charge in [-0.2, -0.15) is 0 Å². The zero-order chi connectivity index (χ0) is 37.6. The van der Waals surface area contributed by atoms with Gasteiger partial charge in [0, 0.05) is 82.9 Å². The third-order valence-electron chi connectivity index (χ3n) is 14.6. The second-order valence-electron chi connectivity index (χ2n) is 16.1. The summed E-state index contributed by atoms with van der Waals surface area (Å²) in [6, 6.07) is 30.7. The van der Waals surface area contributed by atoms with Gasteiger partial charge in [-0.1, -0.05) is 72.8 Å². The molecular weight excluding hydrogens is 684 g/mol. The highest BCUT2D eigenvalue weighted by Crippen LogP contribution is 2.92. The van der Waals surface area contributed by atoms with E-state index in [0.717, 1.165) is 22.3 Å². The zero-order valence-electron chi connectivity index (χ0n) is 31.3. The second kappa shape index (κ2) is 12.7. The number of nitrogens with zero attached hydrogens (tertiary/aromatic N) is 2. The predicted molar refractivity (Wildman–Crippen MR) is 202 cm³/mol. The molecule has 0 amide bonds. The third-order valence-corrected chi connectivity index (χ3v) is 14.6. The lowest BCUT2D eigenvalue weighted by Crippen LogP contribution is -3.07. The molecule has 0 atom stereocenters. The fraction of sp³-hybridized carbons (Fsp3) is 0.455. The Morgan fingerprint density at radius 2 is 0.796 bits per heavy atom. The Kier molecular flexibility index (Phi) is 8.35. The van der Waals surface area contributed by atoms with Gasteiger partial charge in [-0.3, -0.25) is 9.80 Å². The SMILES string of the molecule is COc1ccc(C2C3(CO)C4N(Cc5ccccc5)C5C2(CO)C2N(Cc6ccccc6)C3C4(CO)C(c3ccc(OC)cc3OC)C52CO)c(OC)c1. The lowest BCUT2D eigenvalue weighted by Gasteiger charge is -2.98. The molecule has 4 aromatic carbocycles. The quantitative estimate of drug-likeness (QED) is 0.151. The Labute approximate surface area is 316 Å². The van der Waals surface area contributed by atoms with E-state index >= 15 is 0 Å². The number of rotatable bonds is 14. The Balaban J connectivity index is 1.38. The van der Waals surface area contributed by atoms with Crippen molar-refractivity contribution in [3.05, 3.63) is 119 Å². The normalized spacial score (nSPS) is 35.6. The van der Waals surface area contributed by atoms with Crippen molar-refractivity contribution in [3.8, 4) is 23.0 Å². The van der Waals surface area contributed by atoms with Crippen LogP contribution in [0.3, 0.4) is 0 Å². The summed E-state index contributed by atoms with van der Waals surface area (Å²) >= 11 is 0. The molecule has 10 rings (SSSR count). The highest BCUT2D eigenvalue weighted by Gasteiger charge is 2.99. The molecule has 54 heavy (non-hydrogen) atoms. The van der Waals surface area contributed by atoms with Gasteiger partial charge in [-0.15, -0.1) is 0 Å². The van der Waals surface area contributed by atoms with Crippen molar-refractivity contribution in [2.75, 3.05) is 54.9 Å². The summed E-state index contributed by atoms with van der Waals surface area (Å²) in [5.41, 5.74) is 0.475. The summed E-state index contributed by atoms with van der Waals surface area (Å²) in [4.78, 5) is 4.92. The van der Waals surface area contributed by atoms with Gasteiger partial charge in [-0.25, -0.2) is 0 Å². The van der Waals surface area contributed by atoms with Crippen LogP contribution >= 0.6 is 0 Å². The number of aliphatic hydroxyl groups excluding tert-OH is 4. The zero-order valence-corrected chi connectivity index (χ0v) is 31.3. The summed E-state index contributed by atoms with van der Waals surface area (Å²) in [5.74, 6) is 1.77. The first kappa shape index (κ1) is 35.5. The van der Waals surface area contributed by atoms with Crippen molar-refractivity contribution >= 4 is 0 Å². The van der Waals surface area contributed by atoms with Crippen LogP contribution in [0.5, 0.6) is 23.0 Å². The minimum absolute atomic E-state index is 0.194. The number of methoxy groups -OCH3 is 4. The van der Waals surface area contributed by atoms with Crippen LogP contribution in [0.15, 0.2) is 97.1 Å². The Bertz CT molecular complexity index is 1820. The lowest BCUT2D eigenvalue weighted by molar-refractivity contribution is -0.493. The molecule has 284 valence electrons. The molecule has 4 heterocycles. The van der Waals surface area contributed by atoms with Crippen LogP contribution in [-0.2, 0) is 13.1 Å². The molecule has 2 aliphatic carbocycles. The molecule has 10 heteroatoms. The van der Waals surface area contributed by atoms with Gasteiger partial charge in [0.25, 0.3) is 0 Å². The number of piperidine rings is 4. The highest BCUT2D eigenvalue weighted by molar-refractivity contribution is 5.61. The molecular formula is C44H50N2O8. The molecule has 0 spiro atoms. The number of ether oxygens (including phenoxy) is 4. The fourth-order valence-electron chi connectivity index (χ4n) is 13.7. The van der Waals surface area contributed by atoms with E-state index in [1.54, 1.807) is 28.4 Å². The van der Waals surface area contributed by atoms with E-state index in [1.165, 1.54) is 0 Å². The topological polar surface area (TPSA) is 124 Å². The molecule has 4 N–H and O–H groups in total. The molecule has 4 aliphatic heterocycles. The summed E-state index contributed by atoms with van der Waals surface area (Å²) in [6.45, 7) is 0.279. The molecule has 0 unspecified atom stereocenters. The van der Waals surface area contributed by atoms with Crippen molar-refractivity contribution < 1.29 is 39.4 Å². The molecule has 0 radical (unpaired) electrons. The van der Waals surface area contributed by atoms with Gasteiger partial charge in [0.1, 0.15) is 23.0 Å². The predicted octanol–water partition coefficient (Wildman–Crippen LogP) is 4.05. The fourth-order valence-corrected chi connectivity index (χ4v) is 13.7. The first-order valence-electron chi connectivity index (χ1n) is 18.8. The molecule has 0 aromatic heterocycles. The number of hydrogen-bond donors (Lipinski definition) is 4. The van der Waals surface area contributed by atoms with Crippen LogP contribution in [0, 0.1) is 21.7 Å². The molecule has 6 fully saturated rings. The lowest BCUT2D eigenvalue weighted by atomic mass is 9.16. The van der Waals surface area contributed by atoms with Gasteiger partial charge in [0.2, 0.25) is 0 Å². The maximum absolute atomic E-state index is 12.3. The Morgan fingerprint density at radius 3 is 1.07 bits per heavy atom. The number of hydrogen-bond acceptors (Lipinski definition) is 10. The average molecular weight is 735 g/mol. The summed E-state index contributed by atoms with van der Waals surface area (Å²) in [6.07, 6.45) is 0. The van der Waals surface area contributed by atoms with Crippen LogP contribution in [0.2, 0.25) is 0 Å². The number of benzene rings is 4. The summed E-state index contributed by atoms with van der Waals surface area (Å²) < 4.78 is 23.5. The Hall–Kier alpha value is -4.16. The molecule has 2 saturated carbocycles. The van der Waals surface area contributed by atoms with E-state index in [9.17, 15) is 20.4 Å². The maximum Gasteiger partial charge on any atom is 0.126 e. The number of aliphatic hydroxyl groups is 4. The minimum Gasteiger partial charge on any atom is -0.497 e. The second-order valence-corrected chi connectivity index (χ2v) is 16.1. The van der Waals surface area contributed by atoms with Gasteiger partial charge >= 0.3 is 0 Å². The van der Waals surface area contributed by atoms with Crippen LogP contribution in [0.25, 0.3) is 0 Å². The first-order chi connectivity index (χ1) is 26.4. The molecule has 4 saturated heterocycles. The van der Waals surface area contributed by atoms with Gasteiger partial charge in [0.05, 0.1) is 54.9 Å². The Morgan fingerprint density at radius 1 is 0.463 bits per heavy atom. The average Bonchev–Trinajstić information content (AvgIpc) is 3.20. The molecule has 6 aliphatic rings. The van der Waals surface area contributed by atoms with Crippen molar-refractivity contribution in [1.82, 2.24) is 9.80 Å². The molecule has 4 aromatic rings. The van der Waals surface area contributed by atoms with E-state index in [2.05, 4.69) is 34.1 Å². The van der Waals surface area contributed by atoms with Gasteiger partial charge in [0.15, 0.2) is 0 Å². The van der Waals surface area contributed by atoms with Crippen LogP contribution < -0.4 is 18.9 Å². The maximum atomic E-state index is 12.3. The molecule has 8 bridgehead atoms. The third kappa shape index (κ3) is 4.01. The largest absolute Gasteiger partial charge is 0.497 e. The van der Waals surface area contributed by atoms with E-state index in [1.807, 2.05) is 72.8 Å². The standard InChI is InChI=1S/C44H50N2O8/c1-51-29-15-17-31(33(19-29)53-3)35-41(23-47)37-43(25-49)36(32-18-16-30(52-2)20-34(32)54-4)44(26-50)38(45(37)21-27-11-7-5-8-12-27)42(35,24-48)40(44)46(39(41)43)22-28-13-9-6-10-14-28/h5-20,35-40,47-50H,21-26H2,1-4H3. The smallest absolute Gasteiger partial charge is 0.126 e.